The molecule has 0 aliphatic heterocycles. The second kappa shape index (κ2) is 6.43. The van der Waals surface area contributed by atoms with E-state index in [2.05, 4.69) is 36.4 Å². The van der Waals surface area contributed by atoms with Gasteiger partial charge in [-0.15, -0.1) is 0 Å². The molecular formula is C8H19IOSi. The average Bonchev–Trinajstić information content (AvgIpc) is 2.04. The fourth-order valence-electron chi connectivity index (χ4n) is 1.43. The van der Waals surface area contributed by atoms with Crippen molar-refractivity contribution in [3.05, 3.63) is 0 Å². The van der Waals surface area contributed by atoms with Gasteiger partial charge in [-0.05, 0) is 12.8 Å². The number of halogens is 1. The molecule has 0 atom stereocenters. The molecule has 0 heterocycles. The predicted octanol–water partition coefficient (Wildman–Crippen LogP) is 2.06. The quantitative estimate of drug-likeness (QED) is 0.412. The van der Waals surface area contributed by atoms with Crippen molar-refractivity contribution in [3.8, 4) is 0 Å². The van der Waals surface area contributed by atoms with Crippen molar-refractivity contribution in [2.75, 3.05) is 4.43 Å². The van der Waals surface area contributed by atoms with E-state index in [1.807, 2.05) is 0 Å². The molecule has 0 aromatic heterocycles. The van der Waals surface area contributed by atoms with Gasteiger partial charge in [0, 0.05) is 4.43 Å². The molecule has 0 bridgehead atoms. The highest BCUT2D eigenvalue weighted by molar-refractivity contribution is 14.1. The first-order chi connectivity index (χ1) is 5.24. The van der Waals surface area contributed by atoms with Crippen molar-refractivity contribution in [2.45, 2.75) is 45.1 Å². The molecule has 0 N–H and O–H groups in total. The molecule has 0 aliphatic rings. The molecule has 0 aromatic rings. The van der Waals surface area contributed by atoms with Gasteiger partial charge in [-0.1, -0.05) is 49.3 Å². The van der Waals surface area contributed by atoms with Gasteiger partial charge in [0.15, 0.2) is 0 Å². The minimum atomic E-state index is 0.232. The summed E-state index contributed by atoms with van der Waals surface area (Å²) in [5.74, 6) is 0. The molecule has 1 nitrogen and oxygen atoms in total. The third-order valence-corrected chi connectivity index (χ3v) is 4.34. The summed E-state index contributed by atoms with van der Waals surface area (Å²) >= 11 is 2.45. The number of hydrogen-bond acceptors (Lipinski definition) is 1. The Morgan fingerprint density at radius 2 is 1.73 bits per heavy atom. The molecular weight excluding hydrogens is 267 g/mol. The minimum Gasteiger partial charge on any atom is -0.422 e. The molecule has 68 valence electrons. The molecule has 0 unspecified atom stereocenters. The summed E-state index contributed by atoms with van der Waals surface area (Å²) in [5.41, 5.74) is 0.232. The molecule has 0 aromatic carbocycles. The van der Waals surface area contributed by atoms with Crippen molar-refractivity contribution in [1.82, 2.24) is 0 Å². The lowest BCUT2D eigenvalue weighted by atomic mass is 9.95. The zero-order chi connectivity index (χ0) is 8.74. The lowest BCUT2D eigenvalue weighted by Crippen LogP contribution is -2.33. The zero-order valence-electron chi connectivity index (χ0n) is 7.82. The molecule has 0 saturated heterocycles. The zero-order valence-corrected chi connectivity index (χ0v) is 12.0. The van der Waals surface area contributed by atoms with Gasteiger partial charge >= 0.3 is 0 Å². The highest BCUT2D eigenvalue weighted by Crippen LogP contribution is 2.25. The van der Waals surface area contributed by atoms with Crippen molar-refractivity contribution >= 4 is 33.1 Å². The van der Waals surface area contributed by atoms with Crippen molar-refractivity contribution in [3.63, 3.8) is 0 Å². The van der Waals surface area contributed by atoms with Crippen LogP contribution in [0.25, 0.3) is 0 Å². The van der Waals surface area contributed by atoms with Crippen LogP contribution in [-0.4, -0.2) is 20.5 Å². The Kier molecular flexibility index (Phi) is 6.96. The van der Waals surface area contributed by atoms with Crippen LogP contribution in [0.3, 0.4) is 0 Å². The first-order valence-electron chi connectivity index (χ1n) is 4.35. The van der Waals surface area contributed by atoms with E-state index in [1.165, 1.54) is 25.7 Å². The van der Waals surface area contributed by atoms with E-state index < -0.39 is 0 Å². The molecule has 0 spiro atoms. The fraction of sp³-hybridized carbons (Fsp3) is 1.00. The van der Waals surface area contributed by atoms with Gasteiger partial charge in [0.05, 0.1) is 5.60 Å². The summed E-state index contributed by atoms with van der Waals surface area (Å²) in [6.45, 7) is 4.47. The summed E-state index contributed by atoms with van der Waals surface area (Å²) in [7, 11) is 0.879. The summed E-state index contributed by atoms with van der Waals surface area (Å²) in [4.78, 5) is 0. The predicted molar refractivity (Wildman–Crippen MR) is 62.5 cm³/mol. The van der Waals surface area contributed by atoms with Crippen LogP contribution in [0.5, 0.6) is 0 Å². The minimum absolute atomic E-state index is 0.232. The standard InChI is InChI=1S/C8H19IOSi/c1-3-5-8(7-9,10-11)6-4-2/h3-7H2,1-2,11H3. The van der Waals surface area contributed by atoms with Crippen molar-refractivity contribution < 1.29 is 4.43 Å². The molecule has 0 radical (unpaired) electrons. The second-order valence-electron chi connectivity index (χ2n) is 3.02. The Morgan fingerprint density at radius 1 is 1.27 bits per heavy atom. The molecule has 0 aliphatic carbocycles. The largest absolute Gasteiger partial charge is 0.422 e. The molecule has 11 heavy (non-hydrogen) atoms. The highest BCUT2D eigenvalue weighted by atomic mass is 127. The fourth-order valence-corrected chi connectivity index (χ4v) is 3.64. The van der Waals surface area contributed by atoms with Crippen LogP contribution < -0.4 is 0 Å². The summed E-state index contributed by atoms with van der Waals surface area (Å²) in [6, 6.07) is 0. The SMILES string of the molecule is CCCC(CI)(CCC)O[SiH3]. The lowest BCUT2D eigenvalue weighted by molar-refractivity contribution is 0.0876. The number of hydrogen-bond donors (Lipinski definition) is 0. The van der Waals surface area contributed by atoms with E-state index >= 15 is 0 Å². The smallest absolute Gasteiger partial charge is 0.146 e. The van der Waals surface area contributed by atoms with E-state index in [9.17, 15) is 0 Å². The Labute approximate surface area is 87.0 Å². The third-order valence-electron chi connectivity index (χ3n) is 2.09. The van der Waals surface area contributed by atoms with Gasteiger partial charge in [0.2, 0.25) is 0 Å². The maximum atomic E-state index is 5.70. The Balaban J connectivity index is 3.96. The van der Waals surface area contributed by atoms with Gasteiger partial charge in [0.1, 0.15) is 10.5 Å². The van der Waals surface area contributed by atoms with E-state index in [1.54, 1.807) is 0 Å². The Bertz CT molecular complexity index is 86.1. The van der Waals surface area contributed by atoms with Gasteiger partial charge in [-0.3, -0.25) is 0 Å². The van der Waals surface area contributed by atoms with Crippen LogP contribution in [0.4, 0.5) is 0 Å². The molecule has 0 fully saturated rings. The van der Waals surface area contributed by atoms with Crippen LogP contribution in [0.15, 0.2) is 0 Å². The summed E-state index contributed by atoms with van der Waals surface area (Å²) in [6.07, 6.45) is 4.94. The van der Waals surface area contributed by atoms with Crippen LogP contribution in [0, 0.1) is 0 Å². The first kappa shape index (κ1) is 11.9. The lowest BCUT2D eigenvalue weighted by Gasteiger charge is -2.30. The van der Waals surface area contributed by atoms with Crippen LogP contribution in [-0.2, 0) is 4.43 Å². The molecule has 3 heteroatoms. The highest BCUT2D eigenvalue weighted by Gasteiger charge is 2.25. The summed E-state index contributed by atoms with van der Waals surface area (Å²) < 4.78 is 6.85. The van der Waals surface area contributed by atoms with E-state index in [0.29, 0.717) is 0 Å². The van der Waals surface area contributed by atoms with Gasteiger partial charge < -0.3 is 4.43 Å². The first-order valence-corrected chi connectivity index (χ1v) is 6.70. The number of rotatable bonds is 6. The van der Waals surface area contributed by atoms with Gasteiger partial charge in [0.25, 0.3) is 0 Å². The average molecular weight is 286 g/mol. The van der Waals surface area contributed by atoms with Gasteiger partial charge in [-0.2, -0.15) is 0 Å². The molecule has 0 saturated carbocycles. The third kappa shape index (κ3) is 3.89. The van der Waals surface area contributed by atoms with Crippen LogP contribution >= 0.6 is 22.6 Å². The van der Waals surface area contributed by atoms with Crippen LogP contribution in [0.2, 0.25) is 0 Å². The molecule has 0 rings (SSSR count). The normalized spacial score (nSPS) is 12.3. The molecule has 0 amide bonds. The maximum Gasteiger partial charge on any atom is 0.146 e. The monoisotopic (exact) mass is 286 g/mol. The second-order valence-corrected chi connectivity index (χ2v) is 4.19. The summed E-state index contributed by atoms with van der Waals surface area (Å²) in [5, 5.41) is 0. The van der Waals surface area contributed by atoms with Crippen LogP contribution in [0.1, 0.15) is 39.5 Å². The van der Waals surface area contributed by atoms with Gasteiger partial charge in [-0.25, -0.2) is 0 Å². The van der Waals surface area contributed by atoms with E-state index in [4.69, 9.17) is 4.43 Å². The van der Waals surface area contributed by atoms with E-state index in [-0.39, 0.29) is 5.60 Å². The topological polar surface area (TPSA) is 9.23 Å². The maximum absolute atomic E-state index is 5.70. The van der Waals surface area contributed by atoms with E-state index in [0.717, 1.165) is 14.9 Å². The van der Waals surface area contributed by atoms with Crippen molar-refractivity contribution in [2.24, 2.45) is 0 Å². The Morgan fingerprint density at radius 3 is 1.91 bits per heavy atom. The number of alkyl halides is 1. The Hall–Kier alpha value is 0.907. The van der Waals surface area contributed by atoms with Crippen molar-refractivity contribution in [1.29, 1.82) is 0 Å².